The summed E-state index contributed by atoms with van der Waals surface area (Å²) in [7, 11) is 0. The molecule has 3 aromatic carbocycles. The van der Waals surface area contributed by atoms with Gasteiger partial charge in [0.15, 0.2) is 5.69 Å². The van der Waals surface area contributed by atoms with Crippen LogP contribution >= 0.6 is 15.9 Å². The summed E-state index contributed by atoms with van der Waals surface area (Å²) >= 11 is 3.42. The first-order chi connectivity index (χ1) is 13.7. The van der Waals surface area contributed by atoms with Gasteiger partial charge in [0.05, 0.1) is 12.8 Å². The standard InChI is InChI=1S/C22H17BrN4O/c23-19-10-8-16(9-11-19)15-27-13-12-21(26-27)22(28)25-24-14-18-6-3-5-17-4-1-2-7-20(17)18/h1-14H,15H2,(H,25,28)/b24-14+. The zero-order chi connectivity index (χ0) is 19.3. The lowest BCUT2D eigenvalue weighted by molar-refractivity contribution is 0.0949. The normalized spacial score (nSPS) is 11.2. The van der Waals surface area contributed by atoms with Crippen LogP contribution in [0, 0.1) is 0 Å². The molecule has 0 bridgehead atoms. The van der Waals surface area contributed by atoms with Crippen molar-refractivity contribution in [2.24, 2.45) is 5.10 Å². The molecule has 0 saturated heterocycles. The highest BCUT2D eigenvalue weighted by Gasteiger charge is 2.09. The smallest absolute Gasteiger partial charge is 0.268 e. The number of carbonyl (C=O) groups excluding carboxylic acids is 1. The minimum absolute atomic E-state index is 0.326. The van der Waals surface area contributed by atoms with Gasteiger partial charge in [-0.15, -0.1) is 0 Å². The third-order valence-electron chi connectivity index (χ3n) is 4.32. The number of carbonyl (C=O) groups is 1. The van der Waals surface area contributed by atoms with Gasteiger partial charge in [0, 0.05) is 16.2 Å². The average molecular weight is 433 g/mol. The van der Waals surface area contributed by atoms with E-state index in [1.807, 2.05) is 66.7 Å². The Balaban J connectivity index is 1.42. The van der Waals surface area contributed by atoms with Crippen molar-refractivity contribution in [1.29, 1.82) is 0 Å². The van der Waals surface area contributed by atoms with Gasteiger partial charge < -0.3 is 0 Å². The van der Waals surface area contributed by atoms with E-state index < -0.39 is 0 Å². The quantitative estimate of drug-likeness (QED) is 0.369. The van der Waals surface area contributed by atoms with Crippen LogP contribution in [0.1, 0.15) is 21.6 Å². The SMILES string of the molecule is O=C(N/N=C/c1cccc2ccccc12)c1ccn(Cc2ccc(Br)cc2)n1. The number of amides is 1. The molecule has 4 rings (SSSR count). The highest BCUT2D eigenvalue weighted by atomic mass is 79.9. The molecule has 0 saturated carbocycles. The lowest BCUT2D eigenvalue weighted by Crippen LogP contribution is -2.18. The van der Waals surface area contributed by atoms with Crippen LogP contribution in [0.15, 0.2) is 88.6 Å². The average Bonchev–Trinajstić information content (AvgIpc) is 3.18. The van der Waals surface area contributed by atoms with Gasteiger partial charge in [-0.2, -0.15) is 10.2 Å². The van der Waals surface area contributed by atoms with E-state index >= 15 is 0 Å². The molecule has 0 aliphatic heterocycles. The number of hydrazone groups is 1. The Labute approximate surface area is 170 Å². The molecule has 0 aliphatic carbocycles. The van der Waals surface area contributed by atoms with Gasteiger partial charge in [-0.1, -0.05) is 70.5 Å². The molecule has 138 valence electrons. The van der Waals surface area contributed by atoms with E-state index in [9.17, 15) is 4.79 Å². The number of aromatic nitrogens is 2. The fourth-order valence-electron chi connectivity index (χ4n) is 2.93. The van der Waals surface area contributed by atoms with Crippen LogP contribution in [0.3, 0.4) is 0 Å². The van der Waals surface area contributed by atoms with Gasteiger partial charge >= 0.3 is 0 Å². The fourth-order valence-corrected chi connectivity index (χ4v) is 3.19. The number of halogens is 1. The molecule has 1 aromatic heterocycles. The molecule has 0 atom stereocenters. The second-order valence-electron chi connectivity index (χ2n) is 6.29. The second-order valence-corrected chi connectivity index (χ2v) is 7.21. The lowest BCUT2D eigenvalue weighted by atomic mass is 10.1. The molecule has 0 unspecified atom stereocenters. The number of nitrogens with one attached hydrogen (secondary N) is 1. The van der Waals surface area contributed by atoms with Crippen molar-refractivity contribution in [3.05, 3.63) is 100 Å². The topological polar surface area (TPSA) is 59.3 Å². The lowest BCUT2D eigenvalue weighted by Gasteiger charge is -2.02. The van der Waals surface area contributed by atoms with Crippen molar-refractivity contribution in [3.8, 4) is 0 Å². The Morgan fingerprint density at radius 2 is 1.82 bits per heavy atom. The van der Waals surface area contributed by atoms with E-state index in [-0.39, 0.29) is 5.91 Å². The van der Waals surface area contributed by atoms with E-state index in [4.69, 9.17) is 0 Å². The summed E-state index contributed by atoms with van der Waals surface area (Å²) in [5.74, 6) is -0.342. The summed E-state index contributed by atoms with van der Waals surface area (Å²) in [5, 5.41) is 10.6. The third-order valence-corrected chi connectivity index (χ3v) is 4.85. The maximum Gasteiger partial charge on any atom is 0.291 e. The molecule has 0 spiro atoms. The minimum atomic E-state index is -0.342. The van der Waals surface area contributed by atoms with Crippen LogP contribution in [-0.2, 0) is 6.54 Å². The van der Waals surface area contributed by atoms with Crippen molar-refractivity contribution in [2.45, 2.75) is 6.54 Å². The molecule has 28 heavy (non-hydrogen) atoms. The predicted molar refractivity (Wildman–Crippen MR) is 114 cm³/mol. The van der Waals surface area contributed by atoms with Crippen LogP contribution in [0.5, 0.6) is 0 Å². The summed E-state index contributed by atoms with van der Waals surface area (Å²) in [6.07, 6.45) is 3.43. The van der Waals surface area contributed by atoms with E-state index in [1.165, 1.54) is 0 Å². The Morgan fingerprint density at radius 1 is 1.04 bits per heavy atom. The van der Waals surface area contributed by atoms with Crippen LogP contribution in [-0.4, -0.2) is 21.9 Å². The number of nitrogens with zero attached hydrogens (tertiary/aromatic N) is 3. The van der Waals surface area contributed by atoms with E-state index in [1.54, 1.807) is 23.2 Å². The second kappa shape index (κ2) is 8.19. The van der Waals surface area contributed by atoms with Crippen molar-refractivity contribution >= 4 is 38.8 Å². The molecule has 0 aliphatic rings. The molecule has 0 radical (unpaired) electrons. The molecule has 1 N–H and O–H groups in total. The van der Waals surface area contributed by atoms with E-state index in [0.717, 1.165) is 26.4 Å². The molecule has 1 amide bonds. The predicted octanol–water partition coefficient (Wildman–Crippen LogP) is 4.61. The van der Waals surface area contributed by atoms with Crippen LogP contribution in [0.4, 0.5) is 0 Å². The van der Waals surface area contributed by atoms with Gasteiger partial charge in [-0.05, 0) is 34.5 Å². The molecule has 5 nitrogen and oxygen atoms in total. The summed E-state index contributed by atoms with van der Waals surface area (Å²) in [5.41, 5.74) is 4.92. The maximum atomic E-state index is 12.3. The number of fused-ring (bicyclic) bond motifs is 1. The van der Waals surface area contributed by atoms with Gasteiger partial charge in [0.2, 0.25) is 0 Å². The minimum Gasteiger partial charge on any atom is -0.268 e. The van der Waals surface area contributed by atoms with Gasteiger partial charge in [0.1, 0.15) is 0 Å². The van der Waals surface area contributed by atoms with Crippen molar-refractivity contribution < 1.29 is 4.79 Å². The highest BCUT2D eigenvalue weighted by Crippen LogP contribution is 2.16. The van der Waals surface area contributed by atoms with Gasteiger partial charge in [0.25, 0.3) is 5.91 Å². The fraction of sp³-hybridized carbons (Fsp3) is 0.0455. The molecule has 0 fully saturated rings. The first-order valence-electron chi connectivity index (χ1n) is 8.78. The number of benzene rings is 3. The highest BCUT2D eigenvalue weighted by molar-refractivity contribution is 9.10. The Hall–Kier alpha value is -3.25. The Morgan fingerprint density at radius 3 is 2.68 bits per heavy atom. The maximum absolute atomic E-state index is 12.3. The monoisotopic (exact) mass is 432 g/mol. The van der Waals surface area contributed by atoms with E-state index in [0.29, 0.717) is 12.2 Å². The number of rotatable bonds is 5. The van der Waals surface area contributed by atoms with Crippen LogP contribution < -0.4 is 5.43 Å². The molecular weight excluding hydrogens is 416 g/mol. The summed E-state index contributed by atoms with van der Waals surface area (Å²) < 4.78 is 2.76. The summed E-state index contributed by atoms with van der Waals surface area (Å²) in [6, 6.07) is 23.7. The Bertz CT molecular complexity index is 1140. The first kappa shape index (κ1) is 18.1. The zero-order valence-electron chi connectivity index (χ0n) is 14.9. The first-order valence-corrected chi connectivity index (χ1v) is 9.57. The third kappa shape index (κ3) is 4.18. The molecule has 6 heteroatoms. The van der Waals surface area contributed by atoms with Crippen molar-refractivity contribution in [1.82, 2.24) is 15.2 Å². The van der Waals surface area contributed by atoms with E-state index in [2.05, 4.69) is 31.6 Å². The number of hydrogen-bond donors (Lipinski definition) is 1. The zero-order valence-corrected chi connectivity index (χ0v) is 16.5. The van der Waals surface area contributed by atoms with Gasteiger partial charge in [-0.3, -0.25) is 9.48 Å². The van der Waals surface area contributed by atoms with Gasteiger partial charge in [-0.25, -0.2) is 5.43 Å². The summed E-state index contributed by atoms with van der Waals surface area (Å²) in [4.78, 5) is 12.3. The van der Waals surface area contributed by atoms with Crippen LogP contribution in [0.2, 0.25) is 0 Å². The summed E-state index contributed by atoms with van der Waals surface area (Å²) in [6.45, 7) is 0.597. The van der Waals surface area contributed by atoms with Crippen LogP contribution in [0.25, 0.3) is 10.8 Å². The molecular formula is C22H17BrN4O. The largest absolute Gasteiger partial charge is 0.291 e. The Kier molecular flexibility index (Phi) is 5.30. The van der Waals surface area contributed by atoms with Crippen molar-refractivity contribution in [3.63, 3.8) is 0 Å². The number of hydrogen-bond acceptors (Lipinski definition) is 3. The molecule has 1 heterocycles. The van der Waals surface area contributed by atoms with Crippen molar-refractivity contribution in [2.75, 3.05) is 0 Å². The molecule has 4 aromatic rings.